The standard InChI is InChI=1S/C15H15F3N4O/c1-21-9-11(8-19-21)13(15(16,17)18)20-14(23)22-7-6-10-4-2-3-5-12(10)22/h2-5,8-9,13H,6-7H2,1H3,(H,20,23). The summed E-state index contributed by atoms with van der Waals surface area (Å²) in [4.78, 5) is 13.7. The van der Waals surface area contributed by atoms with Crippen LogP contribution in [0.2, 0.25) is 0 Å². The summed E-state index contributed by atoms with van der Waals surface area (Å²) in [5.74, 6) is 0. The molecule has 0 saturated carbocycles. The molecule has 23 heavy (non-hydrogen) atoms. The molecule has 0 fully saturated rings. The van der Waals surface area contributed by atoms with Crippen LogP contribution in [0.3, 0.4) is 0 Å². The first kappa shape index (κ1) is 15.4. The van der Waals surface area contributed by atoms with Crippen LogP contribution in [0, 0.1) is 0 Å². The summed E-state index contributed by atoms with van der Waals surface area (Å²) in [7, 11) is 1.52. The van der Waals surface area contributed by atoms with Gasteiger partial charge in [0, 0.05) is 31.0 Å². The van der Waals surface area contributed by atoms with Crippen molar-refractivity contribution in [1.82, 2.24) is 15.1 Å². The Morgan fingerprint density at radius 1 is 1.35 bits per heavy atom. The molecule has 1 N–H and O–H groups in total. The molecular formula is C15H15F3N4O. The number of carbonyl (C=O) groups excluding carboxylic acids is 1. The predicted molar refractivity (Wildman–Crippen MR) is 78.0 cm³/mol. The Morgan fingerprint density at radius 2 is 2.09 bits per heavy atom. The zero-order valence-corrected chi connectivity index (χ0v) is 12.3. The van der Waals surface area contributed by atoms with Gasteiger partial charge in [-0.2, -0.15) is 18.3 Å². The number of aryl methyl sites for hydroxylation is 1. The molecule has 2 amide bonds. The number of aromatic nitrogens is 2. The number of urea groups is 1. The van der Waals surface area contributed by atoms with Crippen molar-refractivity contribution in [3.05, 3.63) is 47.8 Å². The molecule has 5 nitrogen and oxygen atoms in total. The molecule has 0 radical (unpaired) electrons. The van der Waals surface area contributed by atoms with Crippen molar-refractivity contribution in [3.8, 4) is 0 Å². The summed E-state index contributed by atoms with van der Waals surface area (Å²) in [6.45, 7) is 0.364. The van der Waals surface area contributed by atoms with Crippen molar-refractivity contribution >= 4 is 11.7 Å². The van der Waals surface area contributed by atoms with Gasteiger partial charge in [0.25, 0.3) is 0 Å². The van der Waals surface area contributed by atoms with E-state index in [-0.39, 0.29) is 5.56 Å². The average molecular weight is 324 g/mol. The van der Waals surface area contributed by atoms with Crippen LogP contribution in [-0.4, -0.2) is 28.5 Å². The highest BCUT2D eigenvalue weighted by atomic mass is 19.4. The molecule has 1 unspecified atom stereocenters. The van der Waals surface area contributed by atoms with Gasteiger partial charge in [0.1, 0.15) is 0 Å². The zero-order valence-electron chi connectivity index (χ0n) is 12.3. The van der Waals surface area contributed by atoms with Crippen LogP contribution >= 0.6 is 0 Å². The second-order valence-electron chi connectivity index (χ2n) is 5.40. The van der Waals surface area contributed by atoms with Crippen molar-refractivity contribution in [2.75, 3.05) is 11.4 Å². The van der Waals surface area contributed by atoms with E-state index in [4.69, 9.17) is 0 Å². The lowest BCUT2D eigenvalue weighted by molar-refractivity contribution is -0.154. The lowest BCUT2D eigenvalue weighted by Gasteiger charge is -2.24. The van der Waals surface area contributed by atoms with E-state index in [2.05, 4.69) is 10.4 Å². The minimum atomic E-state index is -4.60. The van der Waals surface area contributed by atoms with Crippen molar-refractivity contribution in [2.24, 2.45) is 7.05 Å². The Bertz CT molecular complexity index is 726. The van der Waals surface area contributed by atoms with Crippen molar-refractivity contribution < 1.29 is 18.0 Å². The highest BCUT2D eigenvalue weighted by molar-refractivity contribution is 5.94. The Kier molecular flexibility index (Phi) is 3.75. The molecule has 2 aromatic rings. The maximum absolute atomic E-state index is 13.3. The second kappa shape index (κ2) is 5.60. The molecule has 1 aliphatic heterocycles. The number of fused-ring (bicyclic) bond motifs is 1. The number of rotatable bonds is 2. The van der Waals surface area contributed by atoms with Crippen LogP contribution in [0.15, 0.2) is 36.7 Å². The van der Waals surface area contributed by atoms with Gasteiger partial charge in [-0.1, -0.05) is 18.2 Å². The number of alkyl halides is 3. The van der Waals surface area contributed by atoms with Crippen molar-refractivity contribution in [1.29, 1.82) is 0 Å². The summed E-state index contributed by atoms with van der Waals surface area (Å²) in [6.07, 6.45) is -1.61. The van der Waals surface area contributed by atoms with Gasteiger partial charge in [-0.15, -0.1) is 0 Å². The van der Waals surface area contributed by atoms with Crippen LogP contribution in [0.5, 0.6) is 0 Å². The van der Waals surface area contributed by atoms with Crippen LogP contribution in [0.1, 0.15) is 17.2 Å². The highest BCUT2D eigenvalue weighted by Crippen LogP contribution is 2.34. The largest absolute Gasteiger partial charge is 0.413 e. The Morgan fingerprint density at radius 3 is 2.74 bits per heavy atom. The molecule has 0 saturated heterocycles. The van der Waals surface area contributed by atoms with Crippen LogP contribution < -0.4 is 10.2 Å². The zero-order chi connectivity index (χ0) is 16.6. The van der Waals surface area contributed by atoms with Gasteiger partial charge in [-0.3, -0.25) is 9.58 Å². The molecule has 0 aliphatic carbocycles. The number of amides is 2. The van der Waals surface area contributed by atoms with Crippen LogP contribution in [0.25, 0.3) is 0 Å². The van der Waals surface area contributed by atoms with Crippen molar-refractivity contribution in [3.63, 3.8) is 0 Å². The molecule has 122 valence electrons. The lowest BCUT2D eigenvalue weighted by atomic mass is 10.1. The number of nitrogens with zero attached hydrogens (tertiary/aromatic N) is 3. The molecule has 1 atom stereocenters. The number of nitrogens with one attached hydrogen (secondary N) is 1. The number of carbonyl (C=O) groups is 1. The fourth-order valence-electron chi connectivity index (χ4n) is 2.69. The highest BCUT2D eigenvalue weighted by Gasteiger charge is 2.43. The van der Waals surface area contributed by atoms with Gasteiger partial charge in [0.15, 0.2) is 6.04 Å². The predicted octanol–water partition coefficient (Wildman–Crippen LogP) is 2.80. The number of benzene rings is 1. The topological polar surface area (TPSA) is 50.2 Å². The first-order valence-corrected chi connectivity index (χ1v) is 7.07. The first-order chi connectivity index (χ1) is 10.9. The quantitative estimate of drug-likeness (QED) is 0.923. The molecule has 1 aliphatic rings. The third-order valence-electron chi connectivity index (χ3n) is 3.79. The molecule has 0 spiro atoms. The van der Waals surface area contributed by atoms with E-state index >= 15 is 0 Å². The van der Waals surface area contributed by atoms with E-state index in [0.29, 0.717) is 18.7 Å². The lowest BCUT2D eigenvalue weighted by Crippen LogP contribution is -2.45. The molecule has 1 aromatic carbocycles. The fourth-order valence-corrected chi connectivity index (χ4v) is 2.69. The maximum atomic E-state index is 13.3. The maximum Gasteiger partial charge on any atom is 0.413 e. The number of halogens is 3. The smallest absolute Gasteiger partial charge is 0.322 e. The molecule has 1 aromatic heterocycles. The van der Waals surface area contributed by atoms with E-state index in [1.165, 1.54) is 22.8 Å². The van der Waals surface area contributed by atoms with E-state index in [9.17, 15) is 18.0 Å². The van der Waals surface area contributed by atoms with Gasteiger partial charge in [0.05, 0.1) is 6.20 Å². The monoisotopic (exact) mass is 324 g/mol. The van der Waals surface area contributed by atoms with Crippen molar-refractivity contribution in [2.45, 2.75) is 18.6 Å². The third-order valence-corrected chi connectivity index (χ3v) is 3.79. The first-order valence-electron chi connectivity index (χ1n) is 7.07. The van der Waals surface area contributed by atoms with E-state index in [1.807, 2.05) is 12.1 Å². The normalized spacial score (nSPS) is 15.4. The summed E-state index contributed by atoms with van der Waals surface area (Å²) < 4.78 is 41.1. The number of para-hydroxylation sites is 1. The summed E-state index contributed by atoms with van der Waals surface area (Å²) in [5.41, 5.74) is 1.51. The molecular weight excluding hydrogens is 309 g/mol. The van der Waals surface area contributed by atoms with Gasteiger partial charge >= 0.3 is 12.2 Å². The Labute approximate surface area is 130 Å². The summed E-state index contributed by atoms with van der Waals surface area (Å²) in [6, 6.07) is 4.35. The van der Waals surface area contributed by atoms with Gasteiger partial charge in [0.2, 0.25) is 0 Å². The van der Waals surface area contributed by atoms with Crippen LogP contribution in [-0.2, 0) is 13.5 Å². The van der Waals surface area contributed by atoms with Gasteiger partial charge in [-0.05, 0) is 18.1 Å². The van der Waals surface area contributed by atoms with E-state index in [0.717, 1.165) is 11.8 Å². The molecule has 8 heteroatoms. The second-order valence-corrected chi connectivity index (χ2v) is 5.40. The third kappa shape index (κ3) is 3.01. The Hall–Kier alpha value is -2.51. The van der Waals surface area contributed by atoms with E-state index < -0.39 is 18.2 Å². The van der Waals surface area contributed by atoms with Gasteiger partial charge in [-0.25, -0.2) is 4.79 Å². The Balaban J connectivity index is 1.82. The molecule has 0 bridgehead atoms. The molecule has 3 rings (SSSR count). The summed E-state index contributed by atoms with van der Waals surface area (Å²) in [5, 5.41) is 5.82. The average Bonchev–Trinajstić information content (AvgIpc) is 3.09. The van der Waals surface area contributed by atoms with Gasteiger partial charge < -0.3 is 5.32 Å². The number of hydrogen-bond acceptors (Lipinski definition) is 2. The summed E-state index contributed by atoms with van der Waals surface area (Å²) >= 11 is 0. The minimum Gasteiger partial charge on any atom is -0.322 e. The fraction of sp³-hybridized carbons (Fsp3) is 0.333. The number of anilines is 1. The minimum absolute atomic E-state index is 0.0965. The SMILES string of the molecule is Cn1cc(C(NC(=O)N2CCc3ccccc32)C(F)(F)F)cn1. The number of hydrogen-bond donors (Lipinski definition) is 1. The van der Waals surface area contributed by atoms with Crippen LogP contribution in [0.4, 0.5) is 23.7 Å². The molecule has 2 heterocycles. The van der Waals surface area contributed by atoms with E-state index in [1.54, 1.807) is 12.1 Å².